The van der Waals surface area contributed by atoms with Gasteiger partial charge in [-0.3, -0.25) is 29.3 Å². The number of fused-ring (bicyclic) bond motifs is 2. The van der Waals surface area contributed by atoms with Gasteiger partial charge in [-0.25, -0.2) is 9.78 Å². The molecular weight excluding hydrogens is 849 g/mol. The quantitative estimate of drug-likeness (QED) is 0.0496. The lowest BCUT2D eigenvalue weighted by Gasteiger charge is -2.33. The number of aromatic nitrogens is 7. The van der Waals surface area contributed by atoms with Crippen LogP contribution in [0, 0.1) is 6.92 Å². The predicted octanol–water partition coefficient (Wildman–Crippen LogP) is 4.26. The topological polar surface area (TPSA) is 271 Å². The van der Waals surface area contributed by atoms with Crippen molar-refractivity contribution in [1.82, 2.24) is 43.9 Å². The number of allylic oxidation sites excluding steroid dienone is 1. The average molecular weight is 909 g/mol. The van der Waals surface area contributed by atoms with Crippen LogP contribution in [-0.4, -0.2) is 120 Å². The van der Waals surface area contributed by atoms with Gasteiger partial charge in [0.15, 0.2) is 5.82 Å². The summed E-state index contributed by atoms with van der Waals surface area (Å²) in [7, 11) is 1.48. The second-order valence-corrected chi connectivity index (χ2v) is 17.4. The van der Waals surface area contributed by atoms with Crippen molar-refractivity contribution in [1.29, 1.82) is 0 Å². The number of methoxy groups -OCH3 is 1. The molecule has 0 saturated carbocycles. The number of benzene rings is 2. The van der Waals surface area contributed by atoms with Crippen LogP contribution in [0.1, 0.15) is 101 Å². The summed E-state index contributed by atoms with van der Waals surface area (Å²) in [6.07, 6.45) is 6.02. The highest BCUT2D eigenvalue weighted by atomic mass is 16.6. The summed E-state index contributed by atoms with van der Waals surface area (Å²) in [5, 5.41) is 19.6. The van der Waals surface area contributed by atoms with E-state index in [0.717, 1.165) is 50.5 Å². The maximum absolute atomic E-state index is 13.5. The molecule has 2 aliphatic rings. The smallest absolute Gasteiger partial charge is 0.410 e. The number of amides is 4. The lowest BCUT2D eigenvalue weighted by atomic mass is 9.95. The van der Waals surface area contributed by atoms with Gasteiger partial charge in [-0.05, 0) is 97.3 Å². The van der Waals surface area contributed by atoms with Gasteiger partial charge < -0.3 is 50.8 Å². The summed E-state index contributed by atoms with van der Waals surface area (Å²) in [6.45, 7) is 14.9. The second-order valence-electron chi connectivity index (χ2n) is 17.4. The number of nitrogens with zero attached hydrogens (tertiary/aromatic N) is 9. The standard InChI is InChI=1S/C45H60N14O7/c1-7-59-33(21-27(2)54-59)42(62)51-43-50-32-23-30(40(48)61)25-35(64-6)38(32)58(43)15-9-8-13-49-37-31(46)22-29(39(47)60)24-34(37)65-20-10-14-55-16-11-28(12-17-55)41-53-52-36-26-56(18-19-57(36)41)44(63)66-45(3,4)5/h8-9,21-25,28,49H,7,10-20,26,46H2,1-6H3,(H2,47,60)(H2,48,61)(H,50,51,62)/b9-8+. The molecule has 3 aromatic heterocycles. The van der Waals surface area contributed by atoms with E-state index >= 15 is 0 Å². The van der Waals surface area contributed by atoms with E-state index in [1.807, 2.05) is 46.8 Å². The van der Waals surface area contributed by atoms with Gasteiger partial charge in [0.05, 0.1) is 37.2 Å². The first kappa shape index (κ1) is 46.8. The Balaban J connectivity index is 0.957. The highest BCUT2D eigenvalue weighted by molar-refractivity contribution is 6.04. The summed E-state index contributed by atoms with van der Waals surface area (Å²) in [5.74, 6) is 1.34. The summed E-state index contributed by atoms with van der Waals surface area (Å²) in [4.78, 5) is 59.3. The zero-order chi connectivity index (χ0) is 47.3. The van der Waals surface area contributed by atoms with E-state index in [9.17, 15) is 19.2 Å². The lowest BCUT2D eigenvalue weighted by Crippen LogP contribution is -2.42. The molecule has 0 unspecified atom stereocenters. The van der Waals surface area contributed by atoms with Gasteiger partial charge in [0.25, 0.3) is 5.91 Å². The fraction of sp³-hybridized carbons (Fsp3) is 0.467. The second kappa shape index (κ2) is 19.9. The lowest BCUT2D eigenvalue weighted by molar-refractivity contribution is 0.0193. The van der Waals surface area contributed by atoms with Crippen LogP contribution in [0.25, 0.3) is 11.0 Å². The zero-order valence-corrected chi connectivity index (χ0v) is 38.4. The van der Waals surface area contributed by atoms with Crippen LogP contribution in [0.4, 0.5) is 22.1 Å². The number of primary amides is 2. The molecule has 0 aliphatic carbocycles. The molecule has 21 nitrogen and oxygen atoms in total. The molecule has 1 saturated heterocycles. The minimum absolute atomic E-state index is 0.207. The number of carbonyl (C=O) groups excluding carboxylic acids is 4. The normalized spacial score (nSPS) is 14.7. The number of nitrogens with one attached hydrogen (secondary N) is 2. The Kier molecular flexibility index (Phi) is 14.1. The van der Waals surface area contributed by atoms with Crippen LogP contribution in [0.3, 0.4) is 0 Å². The number of hydrogen-bond donors (Lipinski definition) is 5. The Morgan fingerprint density at radius 2 is 1.67 bits per heavy atom. The predicted molar refractivity (Wildman–Crippen MR) is 248 cm³/mol. The number of nitrogens with two attached hydrogens (primary N) is 3. The number of likely N-dealkylation sites (tertiary alicyclic amines) is 1. The fourth-order valence-electron chi connectivity index (χ4n) is 8.29. The van der Waals surface area contributed by atoms with Crippen molar-refractivity contribution in [3.05, 3.63) is 76.6 Å². The van der Waals surface area contributed by atoms with Crippen LogP contribution < -0.4 is 37.3 Å². The molecule has 2 aromatic carbocycles. The number of aryl methyl sites for hydroxylation is 2. The van der Waals surface area contributed by atoms with E-state index in [2.05, 4.69) is 40.4 Å². The maximum Gasteiger partial charge on any atom is 0.410 e. The van der Waals surface area contributed by atoms with E-state index in [4.69, 9.17) is 31.4 Å². The van der Waals surface area contributed by atoms with Gasteiger partial charge in [0.1, 0.15) is 39.8 Å². The highest BCUT2D eigenvalue weighted by Gasteiger charge is 2.32. The summed E-state index contributed by atoms with van der Waals surface area (Å²) in [5.41, 5.74) is 20.4. The molecule has 0 radical (unpaired) electrons. The highest BCUT2D eigenvalue weighted by Crippen LogP contribution is 2.34. The van der Waals surface area contributed by atoms with Crippen LogP contribution in [0.15, 0.2) is 42.5 Å². The summed E-state index contributed by atoms with van der Waals surface area (Å²) >= 11 is 0. The first-order valence-electron chi connectivity index (χ1n) is 22.1. The van der Waals surface area contributed by atoms with Crippen molar-refractivity contribution in [3.63, 3.8) is 0 Å². The van der Waals surface area contributed by atoms with E-state index in [1.165, 1.54) is 19.2 Å². The van der Waals surface area contributed by atoms with E-state index in [-0.39, 0.29) is 35.6 Å². The number of anilines is 3. The molecule has 0 spiro atoms. The van der Waals surface area contributed by atoms with Gasteiger partial charge >= 0.3 is 6.09 Å². The third-order valence-corrected chi connectivity index (χ3v) is 11.5. The number of ether oxygens (including phenoxy) is 3. The Bertz CT molecular complexity index is 2630. The van der Waals surface area contributed by atoms with E-state index < -0.39 is 23.3 Å². The molecule has 5 aromatic rings. The summed E-state index contributed by atoms with van der Waals surface area (Å²) in [6, 6.07) is 7.89. The van der Waals surface area contributed by atoms with Crippen molar-refractivity contribution in [3.8, 4) is 11.5 Å². The van der Waals surface area contributed by atoms with Crippen molar-refractivity contribution < 1.29 is 33.4 Å². The minimum Gasteiger partial charge on any atom is -0.494 e. The van der Waals surface area contributed by atoms with Gasteiger partial charge in [-0.2, -0.15) is 5.10 Å². The molecule has 66 heavy (non-hydrogen) atoms. The number of carbonyl (C=O) groups is 4. The van der Waals surface area contributed by atoms with E-state index in [0.29, 0.717) is 84.6 Å². The Morgan fingerprint density at radius 3 is 2.36 bits per heavy atom. The number of hydrogen-bond acceptors (Lipinski definition) is 14. The van der Waals surface area contributed by atoms with Crippen molar-refractivity contribution in [2.45, 2.75) is 91.6 Å². The number of imidazole rings is 1. The fourth-order valence-corrected chi connectivity index (χ4v) is 8.29. The molecule has 2 aliphatic heterocycles. The van der Waals surface area contributed by atoms with Gasteiger partial charge in [0, 0.05) is 56.3 Å². The minimum atomic E-state index is -0.647. The molecule has 7 rings (SSSR count). The van der Waals surface area contributed by atoms with Crippen LogP contribution >= 0.6 is 0 Å². The Hall–Kier alpha value is -7.16. The molecule has 4 amide bonds. The van der Waals surface area contributed by atoms with Crippen LogP contribution in [0.5, 0.6) is 11.5 Å². The van der Waals surface area contributed by atoms with Crippen molar-refractivity contribution in [2.24, 2.45) is 11.5 Å². The molecule has 8 N–H and O–H groups in total. The third-order valence-electron chi connectivity index (χ3n) is 11.5. The first-order valence-corrected chi connectivity index (χ1v) is 22.1. The van der Waals surface area contributed by atoms with Crippen molar-refractivity contribution in [2.75, 3.05) is 62.8 Å². The molecule has 352 valence electrons. The van der Waals surface area contributed by atoms with Crippen LogP contribution in [-0.2, 0) is 30.9 Å². The van der Waals surface area contributed by atoms with Gasteiger partial charge in [0.2, 0.25) is 17.8 Å². The SMILES string of the molecule is CCn1nc(C)cc1C(=O)Nc1nc2cc(C(N)=O)cc(OC)c2n1C/C=C/CNc1c(N)cc(C(N)=O)cc1OCCCN1CCC(c2nnc3n2CCN(C(=O)OC(C)(C)C)C3)CC1. The van der Waals surface area contributed by atoms with Crippen molar-refractivity contribution >= 4 is 52.2 Å². The number of nitrogen functional groups attached to an aromatic ring is 1. The number of rotatable bonds is 17. The molecule has 0 atom stereocenters. The van der Waals surface area contributed by atoms with Gasteiger partial charge in [-0.1, -0.05) is 12.2 Å². The van der Waals surface area contributed by atoms with Crippen LogP contribution in [0.2, 0.25) is 0 Å². The molecule has 5 heterocycles. The third kappa shape index (κ3) is 10.7. The maximum atomic E-state index is 13.5. The largest absolute Gasteiger partial charge is 0.494 e. The molecule has 21 heteroatoms. The zero-order valence-electron chi connectivity index (χ0n) is 38.4. The molecule has 1 fully saturated rings. The van der Waals surface area contributed by atoms with E-state index in [1.54, 1.807) is 32.3 Å². The molecule has 0 bridgehead atoms. The Labute approximate surface area is 382 Å². The molecular formula is C45H60N14O7. The average Bonchev–Trinajstić information content (AvgIpc) is 3.99. The number of piperidine rings is 1. The first-order chi connectivity index (χ1) is 31.5. The summed E-state index contributed by atoms with van der Waals surface area (Å²) < 4.78 is 23.0. The Morgan fingerprint density at radius 1 is 0.939 bits per heavy atom. The van der Waals surface area contributed by atoms with Gasteiger partial charge in [-0.15, -0.1) is 10.2 Å². The monoisotopic (exact) mass is 908 g/mol.